The first-order chi connectivity index (χ1) is 20.1. The number of fused-ring (bicyclic) bond motifs is 1. The largest absolute Gasteiger partial charge is 0.387 e. The SMILES string of the molecule is COCCNCCc1nc(NCC(c2ccccc2)c2ccccc2)c2ncn([C@@H]3O[C@H](COC)[C@@H](O)[C@H]3O)c2n1. The molecule has 5 rings (SSSR count). The molecule has 0 radical (unpaired) electrons. The molecule has 41 heavy (non-hydrogen) atoms. The van der Waals surface area contributed by atoms with Gasteiger partial charge in [0.25, 0.3) is 0 Å². The molecule has 0 spiro atoms. The second kappa shape index (κ2) is 13.9. The number of aliphatic hydroxyl groups is 2. The molecule has 0 unspecified atom stereocenters. The van der Waals surface area contributed by atoms with Crippen LogP contribution < -0.4 is 10.6 Å². The van der Waals surface area contributed by atoms with Crippen molar-refractivity contribution in [2.45, 2.75) is 36.9 Å². The Morgan fingerprint density at radius 1 is 0.927 bits per heavy atom. The van der Waals surface area contributed by atoms with Crippen molar-refractivity contribution in [3.63, 3.8) is 0 Å². The van der Waals surface area contributed by atoms with Gasteiger partial charge >= 0.3 is 0 Å². The van der Waals surface area contributed by atoms with Crippen molar-refractivity contribution >= 4 is 17.0 Å². The van der Waals surface area contributed by atoms with Gasteiger partial charge in [-0.05, 0) is 11.1 Å². The van der Waals surface area contributed by atoms with E-state index < -0.39 is 24.5 Å². The molecule has 2 aromatic heterocycles. The highest BCUT2D eigenvalue weighted by Gasteiger charge is 2.44. The molecular formula is C30H38N6O5. The molecular weight excluding hydrogens is 524 g/mol. The number of imidazole rings is 1. The highest BCUT2D eigenvalue weighted by atomic mass is 16.6. The molecule has 2 aromatic carbocycles. The fourth-order valence-electron chi connectivity index (χ4n) is 5.14. The van der Waals surface area contributed by atoms with Crippen LogP contribution in [0.25, 0.3) is 11.2 Å². The van der Waals surface area contributed by atoms with Crippen LogP contribution >= 0.6 is 0 Å². The van der Waals surface area contributed by atoms with Crippen LogP contribution in [0.2, 0.25) is 0 Å². The molecule has 1 aliphatic heterocycles. The van der Waals surface area contributed by atoms with Crippen LogP contribution in [0.4, 0.5) is 5.82 Å². The molecule has 1 fully saturated rings. The predicted molar refractivity (Wildman–Crippen MR) is 155 cm³/mol. The lowest BCUT2D eigenvalue weighted by atomic mass is 9.91. The fourth-order valence-corrected chi connectivity index (χ4v) is 5.14. The summed E-state index contributed by atoms with van der Waals surface area (Å²) in [6.07, 6.45) is -1.65. The Bertz CT molecular complexity index is 1330. The van der Waals surface area contributed by atoms with Crippen LogP contribution in [-0.2, 0) is 20.6 Å². The number of anilines is 1. The minimum Gasteiger partial charge on any atom is -0.387 e. The molecule has 0 aliphatic carbocycles. The third-order valence-corrected chi connectivity index (χ3v) is 7.30. The summed E-state index contributed by atoms with van der Waals surface area (Å²) in [5.41, 5.74) is 3.44. The number of ether oxygens (including phenoxy) is 3. The van der Waals surface area contributed by atoms with Gasteiger partial charge in [0.1, 0.15) is 24.1 Å². The molecule has 4 N–H and O–H groups in total. The number of aliphatic hydroxyl groups excluding tert-OH is 2. The lowest BCUT2D eigenvalue weighted by molar-refractivity contribution is -0.0580. The van der Waals surface area contributed by atoms with Crippen LogP contribution in [-0.4, -0.2) is 95.1 Å². The first kappa shape index (κ1) is 29.1. The van der Waals surface area contributed by atoms with E-state index in [1.165, 1.54) is 18.2 Å². The quantitative estimate of drug-likeness (QED) is 0.169. The Hall–Kier alpha value is -3.45. The van der Waals surface area contributed by atoms with Crippen molar-refractivity contribution in [1.29, 1.82) is 0 Å². The summed E-state index contributed by atoms with van der Waals surface area (Å²) in [7, 11) is 3.20. The number of hydrogen-bond donors (Lipinski definition) is 4. The zero-order chi connectivity index (χ0) is 28.6. The highest BCUT2D eigenvalue weighted by Crippen LogP contribution is 2.33. The maximum atomic E-state index is 10.8. The number of hydrogen-bond acceptors (Lipinski definition) is 10. The van der Waals surface area contributed by atoms with Gasteiger partial charge in [-0.25, -0.2) is 15.0 Å². The lowest BCUT2D eigenvalue weighted by Crippen LogP contribution is -2.33. The molecule has 1 aliphatic rings. The van der Waals surface area contributed by atoms with Crippen molar-refractivity contribution in [3.8, 4) is 0 Å². The number of rotatable bonds is 14. The lowest BCUT2D eigenvalue weighted by Gasteiger charge is -2.20. The Labute approximate surface area is 239 Å². The Morgan fingerprint density at radius 2 is 1.63 bits per heavy atom. The van der Waals surface area contributed by atoms with Gasteiger partial charge in [-0.3, -0.25) is 4.57 Å². The summed E-state index contributed by atoms with van der Waals surface area (Å²) in [6.45, 7) is 2.73. The van der Waals surface area contributed by atoms with Crippen molar-refractivity contribution in [2.75, 3.05) is 52.4 Å². The second-order valence-corrected chi connectivity index (χ2v) is 10.1. The third-order valence-electron chi connectivity index (χ3n) is 7.30. The molecule has 4 aromatic rings. The highest BCUT2D eigenvalue weighted by molar-refractivity contribution is 5.83. The van der Waals surface area contributed by atoms with Gasteiger partial charge < -0.3 is 35.1 Å². The zero-order valence-corrected chi connectivity index (χ0v) is 23.4. The number of aromatic nitrogens is 4. The summed E-state index contributed by atoms with van der Waals surface area (Å²) >= 11 is 0. The van der Waals surface area contributed by atoms with Crippen LogP contribution in [0, 0.1) is 0 Å². The van der Waals surface area contributed by atoms with Crippen LogP contribution in [0.1, 0.15) is 29.1 Å². The maximum absolute atomic E-state index is 10.8. The predicted octanol–water partition coefficient (Wildman–Crippen LogP) is 2.11. The Balaban J connectivity index is 1.46. The summed E-state index contributed by atoms with van der Waals surface area (Å²) in [6, 6.07) is 20.7. The number of methoxy groups -OCH3 is 2. The summed E-state index contributed by atoms with van der Waals surface area (Å²) in [5, 5.41) is 28.2. The summed E-state index contributed by atoms with van der Waals surface area (Å²) in [4.78, 5) is 14.3. The fraction of sp³-hybridized carbons (Fsp3) is 0.433. The minimum atomic E-state index is -1.17. The molecule has 1 saturated heterocycles. The van der Waals surface area contributed by atoms with E-state index in [9.17, 15) is 10.2 Å². The van der Waals surface area contributed by atoms with Crippen molar-refractivity contribution in [2.24, 2.45) is 0 Å². The van der Waals surface area contributed by atoms with E-state index in [1.807, 2.05) is 36.4 Å². The molecule has 11 heteroatoms. The number of nitrogens with zero attached hydrogens (tertiary/aromatic N) is 4. The zero-order valence-electron chi connectivity index (χ0n) is 23.4. The molecule has 0 amide bonds. The summed E-state index contributed by atoms with van der Waals surface area (Å²) < 4.78 is 17.9. The topological polar surface area (TPSA) is 136 Å². The van der Waals surface area contributed by atoms with E-state index in [4.69, 9.17) is 24.2 Å². The van der Waals surface area contributed by atoms with Crippen LogP contribution in [0.15, 0.2) is 67.0 Å². The van der Waals surface area contributed by atoms with Gasteiger partial charge in [0.2, 0.25) is 0 Å². The van der Waals surface area contributed by atoms with E-state index in [0.29, 0.717) is 48.9 Å². The minimum absolute atomic E-state index is 0.0774. The molecule has 0 saturated carbocycles. The third kappa shape index (κ3) is 6.72. The molecule has 0 bridgehead atoms. The monoisotopic (exact) mass is 562 g/mol. The van der Waals surface area contributed by atoms with E-state index in [1.54, 1.807) is 18.0 Å². The standard InChI is InChI=1S/C30H38N6O5/c1-39-16-15-31-14-13-24-34-28(32-17-22(20-9-5-3-6-10-20)21-11-7-4-8-12-21)25-29(35-24)36(19-33-25)30-27(38)26(37)23(41-30)18-40-2/h3-12,19,22-23,26-27,30-31,37-38H,13-18H2,1-2H3,(H,32,34,35)/t23-,26-,27-,30-/m1/s1. The molecule has 218 valence electrons. The van der Waals surface area contributed by atoms with E-state index in [0.717, 1.165) is 6.54 Å². The average molecular weight is 563 g/mol. The van der Waals surface area contributed by atoms with Gasteiger partial charge in [0.05, 0.1) is 19.5 Å². The van der Waals surface area contributed by atoms with Gasteiger partial charge in [-0.1, -0.05) is 60.7 Å². The number of benzene rings is 2. The van der Waals surface area contributed by atoms with Crippen molar-refractivity contribution in [1.82, 2.24) is 24.8 Å². The first-order valence-corrected chi connectivity index (χ1v) is 13.9. The summed E-state index contributed by atoms with van der Waals surface area (Å²) in [5.74, 6) is 1.29. The van der Waals surface area contributed by atoms with Gasteiger partial charge in [-0.15, -0.1) is 0 Å². The second-order valence-electron chi connectivity index (χ2n) is 10.1. The van der Waals surface area contributed by atoms with Gasteiger partial charge in [0.15, 0.2) is 23.2 Å². The average Bonchev–Trinajstić information content (AvgIpc) is 3.55. The molecule has 11 nitrogen and oxygen atoms in total. The normalized spacial score (nSPS) is 20.7. The van der Waals surface area contributed by atoms with E-state index in [2.05, 4.69) is 39.9 Å². The smallest absolute Gasteiger partial charge is 0.167 e. The van der Waals surface area contributed by atoms with Crippen molar-refractivity contribution < 1.29 is 24.4 Å². The Morgan fingerprint density at radius 3 is 2.29 bits per heavy atom. The van der Waals surface area contributed by atoms with Crippen molar-refractivity contribution in [3.05, 3.63) is 83.9 Å². The van der Waals surface area contributed by atoms with Crippen LogP contribution in [0.3, 0.4) is 0 Å². The van der Waals surface area contributed by atoms with Gasteiger partial charge in [-0.2, -0.15) is 0 Å². The Kier molecular flexibility index (Phi) is 9.88. The van der Waals surface area contributed by atoms with Gasteiger partial charge in [0, 0.05) is 46.2 Å². The number of nitrogens with one attached hydrogen (secondary N) is 2. The van der Waals surface area contributed by atoms with E-state index in [-0.39, 0.29) is 12.5 Å². The van der Waals surface area contributed by atoms with Crippen LogP contribution in [0.5, 0.6) is 0 Å². The first-order valence-electron chi connectivity index (χ1n) is 13.9. The maximum Gasteiger partial charge on any atom is 0.167 e. The molecule has 4 atom stereocenters. The molecule has 3 heterocycles. The van der Waals surface area contributed by atoms with E-state index >= 15 is 0 Å².